The van der Waals surface area contributed by atoms with Crippen molar-refractivity contribution in [3.63, 3.8) is 0 Å². The number of rotatable bonds is 5. The first-order valence-corrected chi connectivity index (χ1v) is 8.06. The molecule has 0 aromatic heterocycles. The van der Waals surface area contributed by atoms with Crippen molar-refractivity contribution >= 4 is 18.3 Å². The fourth-order valence-corrected chi connectivity index (χ4v) is 3.35. The number of nitrogens with two attached hydrogens (primary N) is 1. The summed E-state index contributed by atoms with van der Waals surface area (Å²) in [6, 6.07) is 6.87. The van der Waals surface area contributed by atoms with Crippen LogP contribution in [0.3, 0.4) is 0 Å². The molecule has 1 unspecified atom stereocenters. The largest absolute Gasteiger partial charge is 0.353 e. The summed E-state index contributed by atoms with van der Waals surface area (Å²) in [5, 5.41) is 3.12. The molecule has 3 atom stereocenters. The molecule has 2 rings (SSSR count). The Bertz CT molecular complexity index is 504. The molecule has 1 saturated carbocycles. The molecular formula is C18H29ClN2O. The van der Waals surface area contributed by atoms with E-state index in [-0.39, 0.29) is 30.4 Å². The SMILES string of the molecule is Cc1ccc(CC(C)NC(=O)C[C@@H]2CCC[C@H]2N)c(C)c1.Cl. The molecule has 1 aromatic rings. The van der Waals surface area contributed by atoms with Crippen LogP contribution in [0.2, 0.25) is 0 Å². The summed E-state index contributed by atoms with van der Waals surface area (Å²) < 4.78 is 0. The van der Waals surface area contributed by atoms with Crippen LogP contribution in [0.5, 0.6) is 0 Å². The number of carbonyl (C=O) groups is 1. The molecule has 0 heterocycles. The average molecular weight is 325 g/mol. The highest BCUT2D eigenvalue weighted by Gasteiger charge is 2.26. The second-order valence-corrected chi connectivity index (χ2v) is 6.66. The van der Waals surface area contributed by atoms with E-state index >= 15 is 0 Å². The van der Waals surface area contributed by atoms with Crippen molar-refractivity contribution < 1.29 is 4.79 Å². The topological polar surface area (TPSA) is 55.1 Å². The maximum absolute atomic E-state index is 12.1. The van der Waals surface area contributed by atoms with E-state index in [4.69, 9.17) is 5.73 Å². The maximum Gasteiger partial charge on any atom is 0.220 e. The molecule has 1 aliphatic carbocycles. The zero-order chi connectivity index (χ0) is 15.4. The Hall–Kier alpha value is -1.06. The molecule has 0 aliphatic heterocycles. The number of benzene rings is 1. The molecular weight excluding hydrogens is 296 g/mol. The number of halogens is 1. The molecule has 1 fully saturated rings. The van der Waals surface area contributed by atoms with Gasteiger partial charge in [0.15, 0.2) is 0 Å². The molecule has 1 aromatic carbocycles. The number of amides is 1. The highest BCUT2D eigenvalue weighted by Crippen LogP contribution is 2.26. The summed E-state index contributed by atoms with van der Waals surface area (Å²) in [5.74, 6) is 0.521. The van der Waals surface area contributed by atoms with E-state index in [1.54, 1.807) is 0 Å². The van der Waals surface area contributed by atoms with E-state index in [0.717, 1.165) is 25.7 Å². The van der Waals surface area contributed by atoms with Gasteiger partial charge in [0.25, 0.3) is 0 Å². The van der Waals surface area contributed by atoms with Gasteiger partial charge in [0.1, 0.15) is 0 Å². The summed E-state index contributed by atoms with van der Waals surface area (Å²) >= 11 is 0. The Kier molecular flexibility index (Phi) is 7.37. The van der Waals surface area contributed by atoms with E-state index in [2.05, 4.69) is 44.3 Å². The maximum atomic E-state index is 12.1. The van der Waals surface area contributed by atoms with Gasteiger partial charge in [-0.3, -0.25) is 4.79 Å². The highest BCUT2D eigenvalue weighted by atomic mass is 35.5. The summed E-state index contributed by atoms with van der Waals surface area (Å²) in [7, 11) is 0. The molecule has 1 aliphatic rings. The van der Waals surface area contributed by atoms with Gasteiger partial charge in [0, 0.05) is 18.5 Å². The van der Waals surface area contributed by atoms with Crippen LogP contribution in [-0.4, -0.2) is 18.0 Å². The van der Waals surface area contributed by atoms with Crippen LogP contribution in [-0.2, 0) is 11.2 Å². The normalized spacial score (nSPS) is 22.0. The van der Waals surface area contributed by atoms with Gasteiger partial charge in [-0.25, -0.2) is 0 Å². The van der Waals surface area contributed by atoms with Crippen LogP contribution in [0, 0.1) is 19.8 Å². The molecule has 124 valence electrons. The van der Waals surface area contributed by atoms with Crippen molar-refractivity contribution in [1.29, 1.82) is 0 Å². The fourth-order valence-electron chi connectivity index (χ4n) is 3.35. The Morgan fingerprint density at radius 3 is 2.68 bits per heavy atom. The van der Waals surface area contributed by atoms with Gasteiger partial charge in [-0.2, -0.15) is 0 Å². The lowest BCUT2D eigenvalue weighted by Gasteiger charge is -2.19. The predicted octanol–water partition coefficient (Wildman–Crippen LogP) is 3.29. The van der Waals surface area contributed by atoms with Crippen LogP contribution < -0.4 is 11.1 Å². The molecule has 22 heavy (non-hydrogen) atoms. The molecule has 0 radical (unpaired) electrons. The number of nitrogens with one attached hydrogen (secondary N) is 1. The smallest absolute Gasteiger partial charge is 0.220 e. The summed E-state index contributed by atoms with van der Waals surface area (Å²) in [4.78, 5) is 12.1. The number of aryl methyl sites for hydroxylation is 2. The van der Waals surface area contributed by atoms with E-state index in [1.165, 1.54) is 16.7 Å². The monoisotopic (exact) mass is 324 g/mol. The third kappa shape index (κ3) is 5.29. The van der Waals surface area contributed by atoms with Crippen LogP contribution in [0.4, 0.5) is 0 Å². The van der Waals surface area contributed by atoms with E-state index < -0.39 is 0 Å². The highest BCUT2D eigenvalue weighted by molar-refractivity contribution is 5.85. The van der Waals surface area contributed by atoms with Gasteiger partial charge >= 0.3 is 0 Å². The molecule has 1 amide bonds. The first-order valence-electron chi connectivity index (χ1n) is 8.06. The summed E-state index contributed by atoms with van der Waals surface area (Å²) in [6.45, 7) is 6.31. The van der Waals surface area contributed by atoms with Crippen molar-refractivity contribution in [1.82, 2.24) is 5.32 Å². The van der Waals surface area contributed by atoms with Crippen molar-refractivity contribution in [3.05, 3.63) is 34.9 Å². The Balaban J connectivity index is 0.00000242. The Morgan fingerprint density at radius 1 is 1.36 bits per heavy atom. The van der Waals surface area contributed by atoms with E-state index in [0.29, 0.717) is 12.3 Å². The fraction of sp³-hybridized carbons (Fsp3) is 0.611. The van der Waals surface area contributed by atoms with Crippen LogP contribution in [0.25, 0.3) is 0 Å². The zero-order valence-electron chi connectivity index (χ0n) is 13.9. The summed E-state index contributed by atoms with van der Waals surface area (Å²) in [6.07, 6.45) is 4.79. The van der Waals surface area contributed by atoms with Gasteiger partial charge in [0.2, 0.25) is 5.91 Å². The number of carbonyl (C=O) groups excluding carboxylic acids is 1. The van der Waals surface area contributed by atoms with Crippen molar-refractivity contribution in [2.24, 2.45) is 11.7 Å². The van der Waals surface area contributed by atoms with Crippen molar-refractivity contribution in [2.45, 2.75) is 65.0 Å². The van der Waals surface area contributed by atoms with E-state index in [9.17, 15) is 4.79 Å². The van der Waals surface area contributed by atoms with Crippen molar-refractivity contribution in [3.8, 4) is 0 Å². The number of hydrogen-bond donors (Lipinski definition) is 2. The lowest BCUT2D eigenvalue weighted by Crippen LogP contribution is -2.37. The van der Waals surface area contributed by atoms with Gasteiger partial charge < -0.3 is 11.1 Å². The first-order chi connectivity index (χ1) is 9.95. The van der Waals surface area contributed by atoms with Crippen LogP contribution in [0.1, 0.15) is 49.3 Å². The van der Waals surface area contributed by atoms with Gasteiger partial charge in [0.05, 0.1) is 0 Å². The summed E-state index contributed by atoms with van der Waals surface area (Å²) in [5.41, 5.74) is 9.93. The molecule has 3 nitrogen and oxygen atoms in total. The van der Waals surface area contributed by atoms with E-state index in [1.807, 2.05) is 0 Å². The molecule has 0 spiro atoms. The van der Waals surface area contributed by atoms with Crippen molar-refractivity contribution in [2.75, 3.05) is 0 Å². The molecule has 4 heteroatoms. The second kappa shape index (κ2) is 8.54. The third-order valence-electron chi connectivity index (χ3n) is 4.60. The van der Waals surface area contributed by atoms with Gasteiger partial charge in [-0.15, -0.1) is 12.4 Å². The first kappa shape index (κ1) is 19.0. The Labute approximate surface area is 140 Å². The minimum atomic E-state index is 0. The minimum absolute atomic E-state index is 0. The van der Waals surface area contributed by atoms with Crippen LogP contribution in [0.15, 0.2) is 18.2 Å². The zero-order valence-corrected chi connectivity index (χ0v) is 14.7. The third-order valence-corrected chi connectivity index (χ3v) is 4.60. The standard InChI is InChI=1S/C18H28N2O.ClH/c1-12-7-8-15(13(2)9-12)10-14(3)20-18(21)11-16-5-4-6-17(16)19;/h7-9,14,16-17H,4-6,10-11,19H2,1-3H3,(H,20,21);1H/t14?,16-,17+;/m0./s1. The Morgan fingerprint density at radius 2 is 2.09 bits per heavy atom. The molecule has 3 N–H and O–H groups in total. The second-order valence-electron chi connectivity index (χ2n) is 6.66. The van der Waals surface area contributed by atoms with Crippen LogP contribution >= 0.6 is 12.4 Å². The minimum Gasteiger partial charge on any atom is -0.353 e. The number of hydrogen-bond acceptors (Lipinski definition) is 2. The predicted molar refractivity (Wildman–Crippen MR) is 94.4 cm³/mol. The molecule has 0 bridgehead atoms. The van der Waals surface area contributed by atoms with Gasteiger partial charge in [-0.05, 0) is 57.1 Å². The lowest BCUT2D eigenvalue weighted by molar-refractivity contribution is -0.122. The molecule has 0 saturated heterocycles. The lowest BCUT2D eigenvalue weighted by atomic mass is 9.98. The quantitative estimate of drug-likeness (QED) is 0.873. The van der Waals surface area contributed by atoms with Gasteiger partial charge in [-0.1, -0.05) is 30.2 Å². The average Bonchev–Trinajstić information content (AvgIpc) is 2.78.